The first-order chi connectivity index (χ1) is 12.7. The molecule has 1 atom stereocenters. The fraction of sp³-hybridized carbons (Fsp3) is 0.300. The Hall–Kier alpha value is -3.02. The summed E-state index contributed by atoms with van der Waals surface area (Å²) < 4.78 is 5.64. The van der Waals surface area contributed by atoms with Crippen LogP contribution >= 0.6 is 0 Å². The van der Waals surface area contributed by atoms with Crippen LogP contribution in [0.2, 0.25) is 0 Å². The fourth-order valence-electron chi connectivity index (χ4n) is 3.50. The van der Waals surface area contributed by atoms with Crippen molar-refractivity contribution in [2.75, 3.05) is 29.9 Å². The summed E-state index contributed by atoms with van der Waals surface area (Å²) in [7, 11) is 0. The molecule has 6 heteroatoms. The maximum absolute atomic E-state index is 12.4. The zero-order valence-electron chi connectivity index (χ0n) is 14.4. The molecule has 1 saturated heterocycles. The number of nitrogens with zero attached hydrogens (tertiary/aromatic N) is 1. The Balaban J connectivity index is 1.39. The van der Waals surface area contributed by atoms with Crippen LogP contribution in [-0.4, -0.2) is 31.6 Å². The van der Waals surface area contributed by atoms with Crippen molar-refractivity contribution < 1.29 is 14.3 Å². The number of anilines is 2. The number of hydrogen-bond donors (Lipinski definition) is 2. The number of carbonyl (C=O) groups is 2. The molecule has 2 aromatic rings. The van der Waals surface area contributed by atoms with Gasteiger partial charge in [0.2, 0.25) is 5.91 Å². The van der Waals surface area contributed by atoms with E-state index in [1.165, 1.54) is 0 Å². The van der Waals surface area contributed by atoms with Crippen LogP contribution in [0, 0.1) is 0 Å². The molecule has 2 aromatic carbocycles. The molecule has 2 aliphatic rings. The summed E-state index contributed by atoms with van der Waals surface area (Å²) in [6.45, 7) is 1.75. The van der Waals surface area contributed by atoms with E-state index in [4.69, 9.17) is 4.74 Å². The van der Waals surface area contributed by atoms with E-state index >= 15 is 0 Å². The molecule has 0 aliphatic carbocycles. The molecule has 4 rings (SSSR count). The Morgan fingerprint density at radius 1 is 1.15 bits per heavy atom. The van der Waals surface area contributed by atoms with Gasteiger partial charge < -0.3 is 20.3 Å². The van der Waals surface area contributed by atoms with E-state index in [1.807, 2.05) is 48.5 Å². The van der Waals surface area contributed by atoms with Crippen molar-refractivity contribution in [1.29, 1.82) is 0 Å². The van der Waals surface area contributed by atoms with Crippen LogP contribution in [0.4, 0.5) is 16.2 Å². The van der Waals surface area contributed by atoms with Gasteiger partial charge in [0.1, 0.15) is 5.75 Å². The number of fused-ring (bicyclic) bond motifs is 1. The van der Waals surface area contributed by atoms with Gasteiger partial charge in [-0.3, -0.25) is 4.79 Å². The molecule has 1 fully saturated rings. The van der Waals surface area contributed by atoms with E-state index in [-0.39, 0.29) is 17.9 Å². The van der Waals surface area contributed by atoms with Crippen molar-refractivity contribution in [2.24, 2.45) is 0 Å². The van der Waals surface area contributed by atoms with Crippen molar-refractivity contribution >= 4 is 23.3 Å². The van der Waals surface area contributed by atoms with E-state index in [2.05, 4.69) is 10.6 Å². The monoisotopic (exact) mass is 351 g/mol. The smallest absolute Gasteiger partial charge is 0.319 e. The number of carbonyl (C=O) groups excluding carboxylic acids is 2. The lowest BCUT2D eigenvalue weighted by atomic mass is 10.0. The minimum absolute atomic E-state index is 0.0966. The highest BCUT2D eigenvalue weighted by atomic mass is 16.5. The van der Waals surface area contributed by atoms with Crippen molar-refractivity contribution in [2.45, 2.75) is 18.8 Å². The van der Waals surface area contributed by atoms with E-state index in [9.17, 15) is 9.59 Å². The topological polar surface area (TPSA) is 70.7 Å². The molecule has 0 bridgehead atoms. The van der Waals surface area contributed by atoms with Gasteiger partial charge in [0.15, 0.2) is 0 Å². The molecule has 3 amide bonds. The summed E-state index contributed by atoms with van der Waals surface area (Å²) >= 11 is 0. The van der Waals surface area contributed by atoms with E-state index in [1.54, 1.807) is 4.90 Å². The summed E-state index contributed by atoms with van der Waals surface area (Å²) in [5, 5.41) is 5.78. The molecule has 1 unspecified atom stereocenters. The molecule has 0 spiro atoms. The first-order valence-corrected chi connectivity index (χ1v) is 8.88. The van der Waals surface area contributed by atoms with Gasteiger partial charge in [-0.25, -0.2) is 4.79 Å². The molecular formula is C20H21N3O3. The summed E-state index contributed by atoms with van der Waals surface area (Å²) in [5.41, 5.74) is 2.51. The van der Waals surface area contributed by atoms with E-state index in [0.717, 1.165) is 23.4 Å². The second kappa shape index (κ2) is 7.07. The van der Waals surface area contributed by atoms with Gasteiger partial charge in [-0.15, -0.1) is 0 Å². The van der Waals surface area contributed by atoms with Crippen molar-refractivity contribution in [3.05, 3.63) is 54.1 Å². The minimum Gasteiger partial charge on any atom is -0.493 e. The number of ether oxygens (including phenoxy) is 1. The molecular weight excluding hydrogens is 330 g/mol. The Morgan fingerprint density at radius 3 is 2.81 bits per heavy atom. The molecule has 2 N–H and O–H groups in total. The summed E-state index contributed by atoms with van der Waals surface area (Å²) in [4.78, 5) is 26.1. The second-order valence-corrected chi connectivity index (χ2v) is 6.55. The maximum atomic E-state index is 12.4. The number of hydrogen-bond acceptors (Lipinski definition) is 3. The quantitative estimate of drug-likeness (QED) is 0.889. The van der Waals surface area contributed by atoms with Crippen LogP contribution in [0.3, 0.4) is 0 Å². The summed E-state index contributed by atoms with van der Waals surface area (Å²) in [6, 6.07) is 15.0. The number of benzene rings is 2. The predicted octanol–water partition coefficient (Wildman–Crippen LogP) is 3.11. The number of rotatable bonds is 4. The minimum atomic E-state index is -0.284. The molecule has 2 aliphatic heterocycles. The third kappa shape index (κ3) is 3.22. The first kappa shape index (κ1) is 16.4. The van der Waals surface area contributed by atoms with Gasteiger partial charge in [0.05, 0.1) is 18.0 Å². The highest BCUT2D eigenvalue weighted by Gasteiger charge is 2.25. The number of para-hydroxylation sites is 3. The molecule has 2 heterocycles. The average molecular weight is 351 g/mol. The van der Waals surface area contributed by atoms with Crippen LogP contribution in [0.5, 0.6) is 5.75 Å². The first-order valence-electron chi connectivity index (χ1n) is 8.88. The molecule has 0 saturated carbocycles. The van der Waals surface area contributed by atoms with Gasteiger partial charge in [-0.1, -0.05) is 30.3 Å². The summed E-state index contributed by atoms with van der Waals surface area (Å²) in [5.74, 6) is 1.13. The number of amides is 3. The Morgan fingerprint density at radius 2 is 1.96 bits per heavy atom. The normalized spacial score (nSPS) is 18.4. The zero-order valence-corrected chi connectivity index (χ0v) is 14.4. The lowest BCUT2D eigenvalue weighted by Gasteiger charge is -2.20. The largest absolute Gasteiger partial charge is 0.493 e. The Labute approximate surface area is 152 Å². The number of nitrogens with one attached hydrogen (secondary N) is 2. The van der Waals surface area contributed by atoms with Gasteiger partial charge in [-0.2, -0.15) is 0 Å². The highest BCUT2D eigenvalue weighted by molar-refractivity contribution is 6.01. The third-order valence-electron chi connectivity index (χ3n) is 4.82. The molecule has 26 heavy (non-hydrogen) atoms. The van der Waals surface area contributed by atoms with E-state index < -0.39 is 0 Å². The SMILES string of the molecule is O=C(NCC1COc2ccccc21)Nc1ccccc1N1CCCC1=O. The zero-order chi connectivity index (χ0) is 17.9. The van der Waals surface area contributed by atoms with Gasteiger partial charge in [0, 0.05) is 31.0 Å². The van der Waals surface area contributed by atoms with Crippen LogP contribution in [0.15, 0.2) is 48.5 Å². The van der Waals surface area contributed by atoms with Crippen LogP contribution in [0.25, 0.3) is 0 Å². The fourth-order valence-corrected chi connectivity index (χ4v) is 3.50. The molecule has 0 aromatic heterocycles. The van der Waals surface area contributed by atoms with Gasteiger partial charge in [0.25, 0.3) is 0 Å². The third-order valence-corrected chi connectivity index (χ3v) is 4.82. The standard InChI is InChI=1S/C20H21N3O3/c24-19-10-5-11-23(19)17-8-3-2-7-16(17)22-20(25)21-12-14-13-26-18-9-4-1-6-15(14)18/h1-4,6-9,14H,5,10-13H2,(H2,21,22,25). The molecule has 0 radical (unpaired) electrons. The lowest BCUT2D eigenvalue weighted by molar-refractivity contribution is -0.117. The summed E-state index contributed by atoms with van der Waals surface area (Å²) in [6.07, 6.45) is 1.40. The predicted molar refractivity (Wildman–Crippen MR) is 99.7 cm³/mol. The van der Waals surface area contributed by atoms with Crippen molar-refractivity contribution in [3.8, 4) is 5.75 Å². The van der Waals surface area contributed by atoms with E-state index in [0.29, 0.717) is 31.8 Å². The molecule has 134 valence electrons. The average Bonchev–Trinajstić information content (AvgIpc) is 3.27. The highest BCUT2D eigenvalue weighted by Crippen LogP contribution is 2.33. The van der Waals surface area contributed by atoms with Crippen LogP contribution in [0.1, 0.15) is 24.3 Å². The van der Waals surface area contributed by atoms with Crippen LogP contribution in [-0.2, 0) is 4.79 Å². The second-order valence-electron chi connectivity index (χ2n) is 6.55. The number of urea groups is 1. The molecule has 6 nitrogen and oxygen atoms in total. The van der Waals surface area contributed by atoms with Gasteiger partial charge >= 0.3 is 6.03 Å². The van der Waals surface area contributed by atoms with Gasteiger partial charge in [-0.05, 0) is 24.6 Å². The van der Waals surface area contributed by atoms with Crippen LogP contribution < -0.4 is 20.3 Å². The van der Waals surface area contributed by atoms with Crippen molar-refractivity contribution in [3.63, 3.8) is 0 Å². The Bertz CT molecular complexity index is 837. The maximum Gasteiger partial charge on any atom is 0.319 e. The lowest BCUT2D eigenvalue weighted by Crippen LogP contribution is -2.33. The van der Waals surface area contributed by atoms with Crippen molar-refractivity contribution in [1.82, 2.24) is 5.32 Å². The Kier molecular flexibility index (Phi) is 4.48.